The molecule has 1 N–H and O–H groups in total. The van der Waals surface area contributed by atoms with Crippen molar-refractivity contribution in [1.29, 1.82) is 0 Å². The van der Waals surface area contributed by atoms with Crippen LogP contribution in [0.25, 0.3) is 0 Å². The number of nitrogens with zero attached hydrogens (tertiary/aromatic N) is 1. The number of piperidine rings is 1. The summed E-state index contributed by atoms with van der Waals surface area (Å²) in [6.07, 6.45) is 1.78. The van der Waals surface area contributed by atoms with Crippen molar-refractivity contribution in [3.63, 3.8) is 0 Å². The van der Waals surface area contributed by atoms with Gasteiger partial charge in [0.2, 0.25) is 0 Å². The molecule has 0 bridgehead atoms. The number of aryl methyl sites for hydroxylation is 1. The molecule has 0 saturated carbocycles. The number of rotatable bonds is 4. The van der Waals surface area contributed by atoms with Gasteiger partial charge in [-0.05, 0) is 39.2 Å². The van der Waals surface area contributed by atoms with Crippen LogP contribution in [0.4, 0.5) is 4.79 Å². The Morgan fingerprint density at radius 1 is 1.43 bits per heavy atom. The molecule has 0 aliphatic carbocycles. The van der Waals surface area contributed by atoms with E-state index in [1.165, 1.54) is 11.1 Å². The van der Waals surface area contributed by atoms with Crippen molar-refractivity contribution in [2.75, 3.05) is 19.7 Å². The molecule has 0 radical (unpaired) electrons. The van der Waals surface area contributed by atoms with E-state index in [-0.39, 0.29) is 6.09 Å². The van der Waals surface area contributed by atoms with Gasteiger partial charge in [-0.1, -0.05) is 29.8 Å². The largest absolute Gasteiger partial charge is 0.450 e. The van der Waals surface area contributed by atoms with E-state index in [4.69, 9.17) is 4.74 Å². The van der Waals surface area contributed by atoms with Gasteiger partial charge in [-0.3, -0.25) is 0 Å². The summed E-state index contributed by atoms with van der Waals surface area (Å²) in [5, 5.41) is 3.68. The first kappa shape index (κ1) is 15.8. The molecule has 1 amide bonds. The molecule has 116 valence electrons. The number of hydrogen-bond acceptors (Lipinski definition) is 3. The van der Waals surface area contributed by atoms with E-state index >= 15 is 0 Å². The number of amides is 1. The fourth-order valence-corrected chi connectivity index (χ4v) is 2.83. The van der Waals surface area contributed by atoms with Gasteiger partial charge in [-0.25, -0.2) is 4.79 Å². The van der Waals surface area contributed by atoms with Crippen molar-refractivity contribution in [2.45, 2.75) is 45.7 Å². The van der Waals surface area contributed by atoms with Crippen molar-refractivity contribution < 1.29 is 9.53 Å². The Balaban J connectivity index is 1.82. The second kappa shape index (κ2) is 7.46. The zero-order chi connectivity index (χ0) is 15.2. The number of ether oxygens (including phenoxy) is 1. The first-order valence-electron chi connectivity index (χ1n) is 7.84. The smallest absolute Gasteiger partial charge is 0.409 e. The SMILES string of the molecule is CCOC(=O)N1CCC(N[C@@H](C)c2cccc(C)c2)CC1. The van der Waals surface area contributed by atoms with Crippen LogP contribution < -0.4 is 5.32 Å². The number of benzene rings is 1. The van der Waals surface area contributed by atoms with E-state index < -0.39 is 0 Å². The van der Waals surface area contributed by atoms with Crippen molar-refractivity contribution in [1.82, 2.24) is 10.2 Å². The minimum absolute atomic E-state index is 0.178. The minimum atomic E-state index is -0.178. The van der Waals surface area contributed by atoms with Gasteiger partial charge >= 0.3 is 6.09 Å². The highest BCUT2D eigenvalue weighted by Crippen LogP contribution is 2.18. The van der Waals surface area contributed by atoms with Crippen LogP contribution in [0.3, 0.4) is 0 Å². The van der Waals surface area contributed by atoms with Gasteiger partial charge in [-0.15, -0.1) is 0 Å². The molecule has 1 aliphatic rings. The Bertz CT molecular complexity index is 468. The van der Waals surface area contributed by atoms with Crippen molar-refractivity contribution >= 4 is 6.09 Å². The highest BCUT2D eigenvalue weighted by molar-refractivity contribution is 5.67. The van der Waals surface area contributed by atoms with Gasteiger partial charge in [0.25, 0.3) is 0 Å². The quantitative estimate of drug-likeness (QED) is 0.925. The summed E-state index contributed by atoms with van der Waals surface area (Å²) < 4.78 is 5.05. The summed E-state index contributed by atoms with van der Waals surface area (Å²) in [6.45, 7) is 8.16. The van der Waals surface area contributed by atoms with Crippen LogP contribution in [0.1, 0.15) is 43.9 Å². The van der Waals surface area contributed by atoms with Crippen molar-refractivity contribution in [3.05, 3.63) is 35.4 Å². The number of carbonyl (C=O) groups is 1. The molecular weight excluding hydrogens is 264 g/mol. The fraction of sp³-hybridized carbons (Fsp3) is 0.588. The molecule has 4 heteroatoms. The number of likely N-dealkylation sites (tertiary alicyclic amines) is 1. The average molecular weight is 290 g/mol. The van der Waals surface area contributed by atoms with Crippen LogP contribution in [-0.4, -0.2) is 36.7 Å². The van der Waals surface area contributed by atoms with E-state index in [2.05, 4.69) is 43.4 Å². The molecule has 2 rings (SSSR count). The van der Waals surface area contributed by atoms with Crippen LogP contribution in [0.15, 0.2) is 24.3 Å². The van der Waals surface area contributed by atoms with Crippen LogP contribution >= 0.6 is 0 Å². The third kappa shape index (κ3) is 4.46. The molecule has 1 fully saturated rings. The topological polar surface area (TPSA) is 41.6 Å². The van der Waals surface area contributed by atoms with Crippen LogP contribution in [-0.2, 0) is 4.74 Å². The number of carbonyl (C=O) groups excluding carboxylic acids is 1. The maximum atomic E-state index is 11.7. The fourth-order valence-electron chi connectivity index (χ4n) is 2.83. The van der Waals surface area contributed by atoms with Crippen molar-refractivity contribution in [3.8, 4) is 0 Å². The first-order valence-corrected chi connectivity index (χ1v) is 7.84. The summed E-state index contributed by atoms with van der Waals surface area (Å²) >= 11 is 0. The molecule has 0 aromatic heterocycles. The second-order valence-electron chi connectivity index (χ2n) is 5.76. The van der Waals surface area contributed by atoms with E-state index in [9.17, 15) is 4.79 Å². The number of hydrogen-bond donors (Lipinski definition) is 1. The van der Waals surface area contributed by atoms with Gasteiger partial charge in [0.05, 0.1) is 6.61 Å². The molecule has 1 heterocycles. The Morgan fingerprint density at radius 2 is 2.14 bits per heavy atom. The van der Waals surface area contributed by atoms with E-state index in [1.807, 2.05) is 6.92 Å². The highest BCUT2D eigenvalue weighted by atomic mass is 16.6. The van der Waals surface area contributed by atoms with Crippen LogP contribution in [0.2, 0.25) is 0 Å². The molecular formula is C17H26N2O2. The zero-order valence-corrected chi connectivity index (χ0v) is 13.3. The van der Waals surface area contributed by atoms with Gasteiger partial charge in [0.15, 0.2) is 0 Å². The normalized spacial score (nSPS) is 17.6. The molecule has 0 spiro atoms. The van der Waals surface area contributed by atoms with Gasteiger partial charge in [0, 0.05) is 25.2 Å². The van der Waals surface area contributed by atoms with Gasteiger partial charge in [0.1, 0.15) is 0 Å². The molecule has 1 aliphatic heterocycles. The second-order valence-corrected chi connectivity index (χ2v) is 5.76. The Hall–Kier alpha value is -1.55. The molecule has 1 aromatic rings. The highest BCUT2D eigenvalue weighted by Gasteiger charge is 2.24. The first-order chi connectivity index (χ1) is 10.1. The van der Waals surface area contributed by atoms with Crippen LogP contribution in [0.5, 0.6) is 0 Å². The molecule has 21 heavy (non-hydrogen) atoms. The predicted molar refractivity (Wildman–Crippen MR) is 84.3 cm³/mol. The Labute approximate surface area is 127 Å². The van der Waals surface area contributed by atoms with Gasteiger partial charge < -0.3 is 15.0 Å². The lowest BCUT2D eigenvalue weighted by atomic mass is 10.0. The lowest BCUT2D eigenvalue weighted by Gasteiger charge is -2.33. The monoisotopic (exact) mass is 290 g/mol. The maximum absolute atomic E-state index is 11.7. The molecule has 1 atom stereocenters. The van der Waals surface area contributed by atoms with E-state index in [0.29, 0.717) is 18.7 Å². The van der Waals surface area contributed by atoms with Crippen molar-refractivity contribution in [2.24, 2.45) is 0 Å². The molecule has 4 nitrogen and oxygen atoms in total. The average Bonchev–Trinajstić information content (AvgIpc) is 2.48. The van der Waals surface area contributed by atoms with E-state index in [1.54, 1.807) is 4.90 Å². The standard InChI is InChI=1S/C17H26N2O2/c1-4-21-17(20)19-10-8-16(9-11-19)18-14(3)15-7-5-6-13(2)12-15/h5-7,12,14,16,18H,4,8-11H2,1-3H3/t14-/m0/s1. The summed E-state index contributed by atoms with van der Waals surface area (Å²) in [5.74, 6) is 0. The summed E-state index contributed by atoms with van der Waals surface area (Å²) in [6, 6.07) is 9.42. The maximum Gasteiger partial charge on any atom is 0.409 e. The lowest BCUT2D eigenvalue weighted by Crippen LogP contribution is -2.45. The number of nitrogens with one attached hydrogen (secondary N) is 1. The van der Waals surface area contributed by atoms with Gasteiger partial charge in [-0.2, -0.15) is 0 Å². The third-order valence-corrected chi connectivity index (χ3v) is 4.05. The molecule has 1 saturated heterocycles. The van der Waals surface area contributed by atoms with Crippen LogP contribution in [0, 0.1) is 6.92 Å². The predicted octanol–water partition coefficient (Wildman–Crippen LogP) is 3.27. The molecule has 1 aromatic carbocycles. The lowest BCUT2D eigenvalue weighted by molar-refractivity contribution is 0.0943. The summed E-state index contributed by atoms with van der Waals surface area (Å²) in [5.41, 5.74) is 2.61. The minimum Gasteiger partial charge on any atom is -0.450 e. The summed E-state index contributed by atoms with van der Waals surface area (Å²) in [4.78, 5) is 13.5. The van der Waals surface area contributed by atoms with E-state index in [0.717, 1.165) is 25.9 Å². The zero-order valence-electron chi connectivity index (χ0n) is 13.3. The third-order valence-electron chi connectivity index (χ3n) is 4.05. The Morgan fingerprint density at radius 3 is 2.76 bits per heavy atom. The Kier molecular flexibility index (Phi) is 5.62. The molecule has 0 unspecified atom stereocenters. The summed E-state index contributed by atoms with van der Waals surface area (Å²) in [7, 11) is 0.